The third-order valence-corrected chi connectivity index (χ3v) is 6.44. The number of thioether (sulfide) groups is 1. The van der Waals surface area contributed by atoms with Crippen LogP contribution in [0.4, 0.5) is 0 Å². The maximum atomic E-state index is 5.64. The normalized spacial score (nSPS) is 31.3. The molecule has 4 heteroatoms. The molecule has 1 N–H and O–H groups in total. The standard InChI is InChI=1S/C17H34N2OS/c1-14-15(2)21-11-8-19(14)13-17(6-9-20-10-7-17)12-18-16(3,4)5/h14-15,18H,6-13H2,1-5H3. The van der Waals surface area contributed by atoms with Crippen LogP contribution in [0, 0.1) is 5.41 Å². The molecule has 124 valence electrons. The molecule has 2 aliphatic rings. The molecule has 2 aliphatic heterocycles. The molecule has 21 heavy (non-hydrogen) atoms. The van der Waals surface area contributed by atoms with Crippen molar-refractivity contribution in [2.24, 2.45) is 5.41 Å². The van der Waals surface area contributed by atoms with E-state index in [1.165, 1.54) is 31.7 Å². The van der Waals surface area contributed by atoms with Crippen molar-refractivity contribution >= 4 is 11.8 Å². The van der Waals surface area contributed by atoms with Crippen LogP contribution in [0.15, 0.2) is 0 Å². The fraction of sp³-hybridized carbons (Fsp3) is 1.00. The Balaban J connectivity index is 2.01. The van der Waals surface area contributed by atoms with Crippen molar-refractivity contribution in [1.82, 2.24) is 10.2 Å². The predicted molar refractivity (Wildman–Crippen MR) is 93.2 cm³/mol. The van der Waals surface area contributed by atoms with Gasteiger partial charge in [0.1, 0.15) is 0 Å². The zero-order valence-corrected chi connectivity index (χ0v) is 15.4. The molecule has 2 atom stereocenters. The van der Waals surface area contributed by atoms with E-state index in [1.807, 2.05) is 0 Å². The minimum Gasteiger partial charge on any atom is -0.381 e. The molecule has 0 radical (unpaired) electrons. The van der Waals surface area contributed by atoms with Gasteiger partial charge in [0.15, 0.2) is 0 Å². The largest absolute Gasteiger partial charge is 0.381 e. The van der Waals surface area contributed by atoms with Crippen LogP contribution in [-0.4, -0.2) is 60.3 Å². The van der Waals surface area contributed by atoms with Crippen molar-refractivity contribution in [3.63, 3.8) is 0 Å². The number of hydrogen-bond acceptors (Lipinski definition) is 4. The number of rotatable bonds is 4. The molecule has 2 fully saturated rings. The average molecular weight is 315 g/mol. The summed E-state index contributed by atoms with van der Waals surface area (Å²) in [5.74, 6) is 1.28. The summed E-state index contributed by atoms with van der Waals surface area (Å²) in [5, 5.41) is 4.52. The van der Waals surface area contributed by atoms with Gasteiger partial charge >= 0.3 is 0 Å². The number of nitrogens with zero attached hydrogens (tertiary/aromatic N) is 1. The van der Waals surface area contributed by atoms with Crippen LogP contribution in [0.25, 0.3) is 0 Å². The fourth-order valence-electron chi connectivity index (χ4n) is 3.30. The topological polar surface area (TPSA) is 24.5 Å². The lowest BCUT2D eigenvalue weighted by Gasteiger charge is -2.46. The van der Waals surface area contributed by atoms with Crippen molar-refractivity contribution in [3.05, 3.63) is 0 Å². The highest BCUT2D eigenvalue weighted by Gasteiger charge is 2.38. The molecular weight excluding hydrogens is 280 g/mol. The van der Waals surface area contributed by atoms with Gasteiger partial charge in [-0.25, -0.2) is 0 Å². The Morgan fingerprint density at radius 2 is 1.90 bits per heavy atom. The third kappa shape index (κ3) is 5.12. The van der Waals surface area contributed by atoms with Crippen molar-refractivity contribution in [3.8, 4) is 0 Å². The summed E-state index contributed by atoms with van der Waals surface area (Å²) >= 11 is 2.13. The van der Waals surface area contributed by atoms with E-state index < -0.39 is 0 Å². The van der Waals surface area contributed by atoms with Crippen LogP contribution >= 0.6 is 11.8 Å². The molecule has 0 aromatic carbocycles. The van der Waals surface area contributed by atoms with E-state index in [2.05, 4.69) is 56.6 Å². The van der Waals surface area contributed by atoms with E-state index in [1.54, 1.807) is 0 Å². The lowest BCUT2D eigenvalue weighted by atomic mass is 9.78. The second-order valence-corrected chi connectivity index (χ2v) is 9.49. The Kier molecular flexibility index (Phi) is 6.03. The van der Waals surface area contributed by atoms with Gasteiger partial charge in [-0.3, -0.25) is 4.90 Å². The number of nitrogens with one attached hydrogen (secondary N) is 1. The van der Waals surface area contributed by atoms with Gasteiger partial charge in [-0.05, 0) is 46.0 Å². The van der Waals surface area contributed by atoms with Gasteiger partial charge in [0, 0.05) is 55.4 Å². The maximum Gasteiger partial charge on any atom is 0.0472 e. The summed E-state index contributed by atoms with van der Waals surface area (Å²) in [7, 11) is 0. The molecule has 2 rings (SSSR count). The third-order valence-electron chi connectivity index (χ3n) is 5.10. The zero-order valence-electron chi connectivity index (χ0n) is 14.6. The molecule has 2 saturated heterocycles. The van der Waals surface area contributed by atoms with Gasteiger partial charge in [-0.2, -0.15) is 11.8 Å². The summed E-state index contributed by atoms with van der Waals surface area (Å²) in [4.78, 5) is 2.73. The first kappa shape index (κ1) is 17.6. The van der Waals surface area contributed by atoms with Crippen LogP contribution in [0.1, 0.15) is 47.5 Å². The van der Waals surface area contributed by atoms with Crippen LogP contribution < -0.4 is 5.32 Å². The molecule has 2 heterocycles. The Labute approximate surface area is 135 Å². The molecule has 0 amide bonds. The first-order valence-corrected chi connectivity index (χ1v) is 9.55. The Hall–Kier alpha value is 0.230. The van der Waals surface area contributed by atoms with Gasteiger partial charge in [0.2, 0.25) is 0 Å². The van der Waals surface area contributed by atoms with Crippen molar-refractivity contribution in [2.75, 3.05) is 38.6 Å². The molecule has 0 spiro atoms. The van der Waals surface area contributed by atoms with Crippen molar-refractivity contribution < 1.29 is 4.74 Å². The smallest absolute Gasteiger partial charge is 0.0472 e. The maximum absolute atomic E-state index is 5.64. The highest BCUT2D eigenvalue weighted by molar-refractivity contribution is 8.00. The van der Waals surface area contributed by atoms with E-state index >= 15 is 0 Å². The van der Waals surface area contributed by atoms with Gasteiger partial charge < -0.3 is 10.1 Å². The molecule has 2 unspecified atom stereocenters. The van der Waals surface area contributed by atoms with Gasteiger partial charge in [0.25, 0.3) is 0 Å². The molecule has 0 aliphatic carbocycles. The Morgan fingerprint density at radius 1 is 1.24 bits per heavy atom. The van der Waals surface area contributed by atoms with Crippen LogP contribution in [0.2, 0.25) is 0 Å². The van der Waals surface area contributed by atoms with Crippen LogP contribution in [-0.2, 0) is 4.74 Å². The molecule has 0 saturated carbocycles. The molecule has 0 bridgehead atoms. The van der Waals surface area contributed by atoms with Gasteiger partial charge in [0.05, 0.1) is 0 Å². The van der Waals surface area contributed by atoms with Gasteiger partial charge in [-0.1, -0.05) is 6.92 Å². The summed E-state index contributed by atoms with van der Waals surface area (Å²) in [6.07, 6.45) is 2.39. The predicted octanol–water partition coefficient (Wildman–Crippen LogP) is 3.00. The zero-order chi connectivity index (χ0) is 15.5. The minimum absolute atomic E-state index is 0.196. The highest BCUT2D eigenvalue weighted by atomic mass is 32.2. The van der Waals surface area contributed by atoms with Crippen molar-refractivity contribution in [2.45, 2.75) is 64.3 Å². The Bertz CT molecular complexity index is 323. The average Bonchev–Trinajstić information content (AvgIpc) is 2.42. The summed E-state index contributed by atoms with van der Waals surface area (Å²) in [6.45, 7) is 17.0. The number of hydrogen-bond donors (Lipinski definition) is 1. The monoisotopic (exact) mass is 314 g/mol. The highest BCUT2D eigenvalue weighted by Crippen LogP contribution is 2.34. The first-order valence-electron chi connectivity index (χ1n) is 8.50. The summed E-state index contributed by atoms with van der Waals surface area (Å²) in [5.41, 5.74) is 0.587. The van der Waals surface area contributed by atoms with Crippen LogP contribution in [0.3, 0.4) is 0 Å². The minimum atomic E-state index is 0.196. The quantitative estimate of drug-likeness (QED) is 0.862. The molecule has 0 aromatic heterocycles. The molecule has 3 nitrogen and oxygen atoms in total. The molecule has 0 aromatic rings. The second-order valence-electron chi connectivity index (χ2n) is 8.00. The Morgan fingerprint density at radius 3 is 2.52 bits per heavy atom. The molecular formula is C17H34N2OS. The van der Waals surface area contributed by atoms with E-state index in [4.69, 9.17) is 4.74 Å². The lowest BCUT2D eigenvalue weighted by molar-refractivity contribution is -0.0127. The van der Waals surface area contributed by atoms with E-state index in [-0.39, 0.29) is 5.54 Å². The number of ether oxygens (including phenoxy) is 1. The SMILES string of the molecule is CC1SCCN(CC2(CNC(C)(C)C)CCOCC2)C1C. The van der Waals surface area contributed by atoms with Gasteiger partial charge in [-0.15, -0.1) is 0 Å². The summed E-state index contributed by atoms with van der Waals surface area (Å²) in [6, 6.07) is 0.693. The van der Waals surface area contributed by atoms with E-state index in [0.717, 1.165) is 25.0 Å². The second kappa shape index (κ2) is 7.20. The summed E-state index contributed by atoms with van der Waals surface area (Å²) < 4.78 is 5.64. The first-order chi connectivity index (χ1) is 9.81. The lowest BCUT2D eigenvalue weighted by Crippen LogP contribution is -2.55. The van der Waals surface area contributed by atoms with E-state index in [0.29, 0.717) is 11.5 Å². The van der Waals surface area contributed by atoms with E-state index in [9.17, 15) is 0 Å². The fourth-order valence-corrected chi connectivity index (χ4v) is 4.46. The van der Waals surface area contributed by atoms with Crippen molar-refractivity contribution in [1.29, 1.82) is 0 Å². The van der Waals surface area contributed by atoms with Crippen LogP contribution in [0.5, 0.6) is 0 Å².